The van der Waals surface area contributed by atoms with Crippen LogP contribution in [0.15, 0.2) is 0 Å². The van der Waals surface area contributed by atoms with Crippen LogP contribution in [0.3, 0.4) is 0 Å². The summed E-state index contributed by atoms with van der Waals surface area (Å²) in [6.07, 6.45) is 9.81. The Kier molecular flexibility index (Phi) is 5.74. The summed E-state index contributed by atoms with van der Waals surface area (Å²) in [6.45, 7) is 2.22. The predicted molar refractivity (Wildman–Crippen MR) is 61.6 cm³/mol. The van der Waals surface area contributed by atoms with Crippen molar-refractivity contribution in [2.75, 3.05) is 7.11 Å². The van der Waals surface area contributed by atoms with Gasteiger partial charge in [0.25, 0.3) is 0 Å². The highest BCUT2D eigenvalue weighted by Crippen LogP contribution is 2.34. The van der Waals surface area contributed by atoms with E-state index in [4.69, 9.17) is 4.74 Å². The van der Waals surface area contributed by atoms with Crippen LogP contribution in [-0.4, -0.2) is 13.1 Å². The van der Waals surface area contributed by atoms with Crippen molar-refractivity contribution in [3.63, 3.8) is 0 Å². The van der Waals surface area contributed by atoms with E-state index in [-0.39, 0.29) is 11.9 Å². The van der Waals surface area contributed by atoms with Crippen LogP contribution in [0, 0.1) is 11.8 Å². The number of carbonyl (C=O) groups excluding carboxylic acids is 1. The van der Waals surface area contributed by atoms with Gasteiger partial charge in [-0.25, -0.2) is 0 Å². The Hall–Kier alpha value is -0.530. The van der Waals surface area contributed by atoms with Crippen LogP contribution in [0.25, 0.3) is 0 Å². The molecule has 0 aromatic carbocycles. The van der Waals surface area contributed by atoms with Gasteiger partial charge in [0.2, 0.25) is 0 Å². The average Bonchev–Trinajstić information content (AvgIpc) is 2.29. The molecule has 2 nitrogen and oxygen atoms in total. The van der Waals surface area contributed by atoms with Crippen molar-refractivity contribution >= 4 is 5.97 Å². The van der Waals surface area contributed by atoms with Crippen LogP contribution < -0.4 is 0 Å². The maximum absolute atomic E-state index is 11.6. The number of hydrogen-bond acceptors (Lipinski definition) is 2. The third-order valence-electron chi connectivity index (χ3n) is 3.59. The molecule has 2 unspecified atom stereocenters. The van der Waals surface area contributed by atoms with Gasteiger partial charge in [0, 0.05) is 0 Å². The van der Waals surface area contributed by atoms with Gasteiger partial charge in [0.05, 0.1) is 13.0 Å². The highest BCUT2D eigenvalue weighted by atomic mass is 16.5. The van der Waals surface area contributed by atoms with Gasteiger partial charge in [-0.2, -0.15) is 0 Å². The van der Waals surface area contributed by atoms with Gasteiger partial charge in [-0.1, -0.05) is 39.0 Å². The molecule has 0 aromatic heterocycles. The van der Waals surface area contributed by atoms with E-state index >= 15 is 0 Å². The Balaban J connectivity index is 2.39. The van der Waals surface area contributed by atoms with Crippen LogP contribution in [0.2, 0.25) is 0 Å². The van der Waals surface area contributed by atoms with Crippen molar-refractivity contribution in [1.82, 2.24) is 0 Å². The lowest BCUT2D eigenvalue weighted by Gasteiger charge is -2.29. The van der Waals surface area contributed by atoms with Gasteiger partial charge < -0.3 is 4.74 Å². The van der Waals surface area contributed by atoms with Crippen molar-refractivity contribution in [3.8, 4) is 0 Å². The van der Waals surface area contributed by atoms with Crippen LogP contribution in [0.4, 0.5) is 0 Å². The second kappa shape index (κ2) is 6.86. The number of unbranched alkanes of at least 4 members (excludes halogenated alkanes) is 2. The quantitative estimate of drug-likeness (QED) is 0.514. The lowest BCUT2D eigenvalue weighted by atomic mass is 9.76. The fourth-order valence-electron chi connectivity index (χ4n) is 2.67. The fourth-order valence-corrected chi connectivity index (χ4v) is 2.67. The molecule has 0 aromatic rings. The van der Waals surface area contributed by atoms with Crippen molar-refractivity contribution in [2.45, 2.75) is 58.3 Å². The summed E-state index contributed by atoms with van der Waals surface area (Å²) < 4.78 is 4.89. The minimum atomic E-state index is 0.0243. The molecule has 1 rings (SSSR count). The van der Waals surface area contributed by atoms with Crippen molar-refractivity contribution < 1.29 is 9.53 Å². The molecule has 1 aliphatic carbocycles. The molecule has 88 valence electrons. The second-order valence-electron chi connectivity index (χ2n) is 4.67. The van der Waals surface area contributed by atoms with E-state index in [1.165, 1.54) is 52.1 Å². The summed E-state index contributed by atoms with van der Waals surface area (Å²) in [4.78, 5) is 11.6. The zero-order valence-corrected chi connectivity index (χ0v) is 10.1. The van der Waals surface area contributed by atoms with Crippen molar-refractivity contribution in [3.05, 3.63) is 0 Å². The predicted octanol–water partition coefficient (Wildman–Crippen LogP) is 3.55. The number of esters is 1. The van der Waals surface area contributed by atoms with Gasteiger partial charge in [0.15, 0.2) is 0 Å². The largest absolute Gasteiger partial charge is 0.469 e. The van der Waals surface area contributed by atoms with Gasteiger partial charge in [-0.3, -0.25) is 4.79 Å². The minimum absolute atomic E-state index is 0.0243. The molecular formula is C13H24O2. The molecule has 2 atom stereocenters. The Bertz CT molecular complexity index is 189. The van der Waals surface area contributed by atoms with Gasteiger partial charge in [-0.15, -0.1) is 0 Å². The van der Waals surface area contributed by atoms with Crippen molar-refractivity contribution in [1.29, 1.82) is 0 Å². The number of ether oxygens (including phenoxy) is 1. The molecule has 1 aliphatic rings. The number of hydrogen-bond donors (Lipinski definition) is 0. The molecule has 0 spiro atoms. The number of rotatable bonds is 5. The smallest absolute Gasteiger partial charge is 0.308 e. The molecule has 0 aliphatic heterocycles. The summed E-state index contributed by atoms with van der Waals surface area (Å²) in [5.41, 5.74) is 0. The standard InChI is InChI=1S/C13H24O2/c1-3-4-5-8-11-9-6-7-10-12(11)13(14)15-2/h11-12H,3-10H2,1-2H3. The van der Waals surface area contributed by atoms with Gasteiger partial charge in [-0.05, 0) is 25.2 Å². The van der Waals surface area contributed by atoms with Crippen LogP contribution in [0.5, 0.6) is 0 Å². The van der Waals surface area contributed by atoms with Gasteiger partial charge in [0.1, 0.15) is 0 Å². The van der Waals surface area contributed by atoms with E-state index < -0.39 is 0 Å². The molecule has 0 heterocycles. The van der Waals surface area contributed by atoms with E-state index in [9.17, 15) is 4.79 Å². The topological polar surface area (TPSA) is 26.3 Å². The molecule has 0 bridgehead atoms. The molecule has 0 saturated heterocycles. The van der Waals surface area contributed by atoms with Gasteiger partial charge >= 0.3 is 5.97 Å². The summed E-state index contributed by atoms with van der Waals surface area (Å²) in [6, 6.07) is 0. The Morgan fingerprint density at radius 2 is 2.00 bits per heavy atom. The third-order valence-corrected chi connectivity index (χ3v) is 3.59. The molecular weight excluding hydrogens is 188 g/mol. The highest BCUT2D eigenvalue weighted by Gasteiger charge is 2.30. The van der Waals surface area contributed by atoms with Crippen LogP contribution in [-0.2, 0) is 9.53 Å². The highest BCUT2D eigenvalue weighted by molar-refractivity contribution is 5.72. The third kappa shape index (κ3) is 3.84. The maximum Gasteiger partial charge on any atom is 0.308 e. The zero-order chi connectivity index (χ0) is 11.1. The van der Waals surface area contributed by atoms with E-state index in [0.29, 0.717) is 5.92 Å². The lowest BCUT2D eigenvalue weighted by Crippen LogP contribution is -2.28. The summed E-state index contributed by atoms with van der Waals surface area (Å²) in [5, 5.41) is 0. The lowest BCUT2D eigenvalue weighted by molar-refractivity contribution is -0.148. The van der Waals surface area contributed by atoms with Crippen molar-refractivity contribution in [2.24, 2.45) is 11.8 Å². The summed E-state index contributed by atoms with van der Waals surface area (Å²) >= 11 is 0. The molecule has 0 amide bonds. The molecule has 2 heteroatoms. The average molecular weight is 212 g/mol. The first-order valence-corrected chi connectivity index (χ1v) is 6.37. The first-order chi connectivity index (χ1) is 7.29. The van der Waals surface area contributed by atoms with Crippen LogP contribution in [0.1, 0.15) is 58.3 Å². The molecule has 0 radical (unpaired) electrons. The first kappa shape index (κ1) is 12.5. The number of methoxy groups -OCH3 is 1. The Morgan fingerprint density at radius 1 is 1.27 bits per heavy atom. The second-order valence-corrected chi connectivity index (χ2v) is 4.67. The molecule has 1 fully saturated rings. The molecule has 1 saturated carbocycles. The summed E-state index contributed by atoms with van der Waals surface area (Å²) in [7, 11) is 1.51. The Morgan fingerprint density at radius 3 is 2.67 bits per heavy atom. The molecule has 15 heavy (non-hydrogen) atoms. The minimum Gasteiger partial charge on any atom is -0.469 e. The normalized spacial score (nSPS) is 26.3. The van der Waals surface area contributed by atoms with E-state index in [1.54, 1.807) is 0 Å². The van der Waals surface area contributed by atoms with E-state index in [1.807, 2.05) is 0 Å². The Labute approximate surface area is 93.4 Å². The SMILES string of the molecule is CCCCCC1CCCCC1C(=O)OC. The fraction of sp³-hybridized carbons (Fsp3) is 0.923. The molecule has 0 N–H and O–H groups in total. The van der Waals surface area contributed by atoms with E-state index in [2.05, 4.69) is 6.92 Å². The number of carbonyl (C=O) groups is 1. The van der Waals surface area contributed by atoms with E-state index in [0.717, 1.165) is 6.42 Å². The van der Waals surface area contributed by atoms with Crippen LogP contribution >= 0.6 is 0 Å². The first-order valence-electron chi connectivity index (χ1n) is 6.37. The maximum atomic E-state index is 11.6. The summed E-state index contributed by atoms with van der Waals surface area (Å²) in [5.74, 6) is 0.814. The zero-order valence-electron chi connectivity index (χ0n) is 10.1. The monoisotopic (exact) mass is 212 g/mol.